The van der Waals surface area contributed by atoms with Gasteiger partial charge in [-0.1, -0.05) is 18.7 Å². The standard InChI is InChI=1S/C18H23NO5/c1-6-11-24-14-9-7-13(12-15(14)22-4)8-10-16(20)19-18(2,3)17(21)23-5/h6-10,12H,1,11H2,2-5H3,(H,19,20)/b10-8+. The van der Waals surface area contributed by atoms with E-state index in [1.54, 1.807) is 44.2 Å². The third kappa shape index (κ3) is 5.46. The highest BCUT2D eigenvalue weighted by Gasteiger charge is 2.29. The van der Waals surface area contributed by atoms with Gasteiger partial charge >= 0.3 is 5.97 Å². The average molecular weight is 333 g/mol. The summed E-state index contributed by atoms with van der Waals surface area (Å²) in [4.78, 5) is 23.5. The van der Waals surface area contributed by atoms with Crippen molar-refractivity contribution in [3.05, 3.63) is 42.5 Å². The Bertz CT molecular complexity index is 634. The molecule has 0 heterocycles. The minimum atomic E-state index is -1.10. The molecule has 0 aliphatic rings. The molecule has 0 aliphatic heterocycles. The molecule has 1 rings (SSSR count). The quantitative estimate of drug-likeness (QED) is 0.449. The van der Waals surface area contributed by atoms with Crippen molar-refractivity contribution in [2.75, 3.05) is 20.8 Å². The molecule has 0 saturated heterocycles. The van der Waals surface area contributed by atoms with E-state index in [4.69, 9.17) is 9.47 Å². The maximum Gasteiger partial charge on any atom is 0.330 e. The molecule has 0 aromatic heterocycles. The van der Waals surface area contributed by atoms with E-state index in [9.17, 15) is 9.59 Å². The Kier molecular flexibility index (Phi) is 7.04. The first kappa shape index (κ1) is 19.3. The monoisotopic (exact) mass is 333 g/mol. The highest BCUT2D eigenvalue weighted by atomic mass is 16.5. The number of amides is 1. The van der Waals surface area contributed by atoms with Crippen LogP contribution in [-0.4, -0.2) is 38.2 Å². The van der Waals surface area contributed by atoms with Crippen molar-refractivity contribution in [2.45, 2.75) is 19.4 Å². The molecule has 6 heteroatoms. The smallest absolute Gasteiger partial charge is 0.330 e. The summed E-state index contributed by atoms with van der Waals surface area (Å²) >= 11 is 0. The summed E-state index contributed by atoms with van der Waals surface area (Å²) in [6.07, 6.45) is 4.59. The van der Waals surface area contributed by atoms with Crippen molar-refractivity contribution in [3.8, 4) is 11.5 Å². The summed E-state index contributed by atoms with van der Waals surface area (Å²) in [6.45, 7) is 7.10. The van der Waals surface area contributed by atoms with Gasteiger partial charge in [0.05, 0.1) is 14.2 Å². The Balaban J connectivity index is 2.81. The lowest BCUT2D eigenvalue weighted by Crippen LogP contribution is -2.49. The molecule has 1 aromatic rings. The van der Waals surface area contributed by atoms with Crippen molar-refractivity contribution in [2.24, 2.45) is 0 Å². The van der Waals surface area contributed by atoms with Gasteiger partial charge in [-0.3, -0.25) is 4.79 Å². The molecule has 1 amide bonds. The second kappa shape index (κ2) is 8.76. The largest absolute Gasteiger partial charge is 0.493 e. The molecule has 130 valence electrons. The van der Waals surface area contributed by atoms with Crippen LogP contribution in [0.5, 0.6) is 11.5 Å². The number of ether oxygens (including phenoxy) is 3. The molecule has 0 atom stereocenters. The third-order valence-corrected chi connectivity index (χ3v) is 3.10. The molecule has 1 N–H and O–H groups in total. The molecule has 0 radical (unpaired) electrons. The summed E-state index contributed by atoms with van der Waals surface area (Å²) < 4.78 is 15.4. The van der Waals surface area contributed by atoms with Crippen LogP contribution in [-0.2, 0) is 14.3 Å². The lowest BCUT2D eigenvalue weighted by atomic mass is 10.1. The van der Waals surface area contributed by atoms with Crippen molar-refractivity contribution < 1.29 is 23.8 Å². The van der Waals surface area contributed by atoms with E-state index in [1.165, 1.54) is 20.3 Å². The van der Waals surface area contributed by atoms with Gasteiger partial charge in [-0.15, -0.1) is 0 Å². The first-order chi connectivity index (χ1) is 11.3. The maximum absolute atomic E-state index is 11.9. The number of carbonyl (C=O) groups is 2. The van der Waals surface area contributed by atoms with E-state index in [-0.39, 0.29) is 0 Å². The van der Waals surface area contributed by atoms with Crippen molar-refractivity contribution in [3.63, 3.8) is 0 Å². The second-order valence-electron chi connectivity index (χ2n) is 5.45. The minimum absolute atomic E-state index is 0.372. The van der Waals surface area contributed by atoms with Crippen LogP contribution in [0.4, 0.5) is 0 Å². The lowest BCUT2D eigenvalue weighted by molar-refractivity contribution is -0.148. The van der Waals surface area contributed by atoms with E-state index in [1.807, 2.05) is 0 Å². The van der Waals surface area contributed by atoms with Gasteiger partial charge in [0.1, 0.15) is 12.1 Å². The first-order valence-electron chi connectivity index (χ1n) is 7.34. The van der Waals surface area contributed by atoms with Gasteiger partial charge in [-0.2, -0.15) is 0 Å². The summed E-state index contributed by atoms with van der Waals surface area (Å²) in [5.41, 5.74) is -0.347. The second-order valence-corrected chi connectivity index (χ2v) is 5.45. The normalized spacial score (nSPS) is 11.0. The van der Waals surface area contributed by atoms with Crippen molar-refractivity contribution in [1.82, 2.24) is 5.32 Å². The van der Waals surface area contributed by atoms with Gasteiger partial charge in [-0.25, -0.2) is 4.79 Å². The summed E-state index contributed by atoms with van der Waals surface area (Å²) in [6, 6.07) is 5.28. The van der Waals surface area contributed by atoms with E-state index in [2.05, 4.69) is 16.6 Å². The summed E-state index contributed by atoms with van der Waals surface area (Å²) in [5.74, 6) is 0.214. The number of methoxy groups -OCH3 is 2. The molecule has 0 aliphatic carbocycles. The Morgan fingerprint density at radius 3 is 2.54 bits per heavy atom. The number of hydrogen-bond donors (Lipinski definition) is 1. The highest BCUT2D eigenvalue weighted by molar-refractivity contribution is 5.95. The van der Waals surface area contributed by atoms with Gasteiger partial charge in [0.25, 0.3) is 0 Å². The number of hydrogen-bond acceptors (Lipinski definition) is 5. The van der Waals surface area contributed by atoms with Gasteiger partial charge in [0.15, 0.2) is 11.5 Å². The fraction of sp³-hybridized carbons (Fsp3) is 0.333. The molecule has 0 unspecified atom stereocenters. The number of carbonyl (C=O) groups excluding carboxylic acids is 2. The van der Waals surface area contributed by atoms with Crippen LogP contribution in [0, 0.1) is 0 Å². The van der Waals surface area contributed by atoms with Crippen LogP contribution in [0.25, 0.3) is 6.08 Å². The highest BCUT2D eigenvalue weighted by Crippen LogP contribution is 2.28. The van der Waals surface area contributed by atoms with Gasteiger partial charge in [-0.05, 0) is 37.6 Å². The van der Waals surface area contributed by atoms with Crippen LogP contribution in [0.1, 0.15) is 19.4 Å². The fourth-order valence-electron chi connectivity index (χ4n) is 1.88. The minimum Gasteiger partial charge on any atom is -0.493 e. The van der Waals surface area contributed by atoms with E-state index < -0.39 is 17.4 Å². The van der Waals surface area contributed by atoms with E-state index in [0.29, 0.717) is 18.1 Å². The predicted octanol–water partition coefficient (Wildman–Crippen LogP) is 2.34. The van der Waals surface area contributed by atoms with Crippen LogP contribution in [0.2, 0.25) is 0 Å². The Hall–Kier alpha value is -2.76. The van der Waals surface area contributed by atoms with Crippen LogP contribution in [0.3, 0.4) is 0 Å². The zero-order chi connectivity index (χ0) is 18.2. The lowest BCUT2D eigenvalue weighted by Gasteiger charge is -2.22. The Morgan fingerprint density at radius 2 is 1.96 bits per heavy atom. The number of benzene rings is 1. The average Bonchev–Trinajstić information content (AvgIpc) is 2.57. The van der Waals surface area contributed by atoms with Gasteiger partial charge < -0.3 is 19.5 Å². The molecule has 0 fully saturated rings. The maximum atomic E-state index is 11.9. The SMILES string of the molecule is C=CCOc1ccc(/C=C/C(=O)NC(C)(C)C(=O)OC)cc1OC. The molecule has 24 heavy (non-hydrogen) atoms. The molecule has 0 spiro atoms. The van der Waals surface area contributed by atoms with Gasteiger partial charge in [0.2, 0.25) is 5.91 Å². The molecule has 6 nitrogen and oxygen atoms in total. The molecule has 0 bridgehead atoms. The third-order valence-electron chi connectivity index (χ3n) is 3.10. The fourth-order valence-corrected chi connectivity index (χ4v) is 1.88. The topological polar surface area (TPSA) is 73.9 Å². The van der Waals surface area contributed by atoms with Crippen molar-refractivity contribution in [1.29, 1.82) is 0 Å². The zero-order valence-electron chi connectivity index (χ0n) is 14.4. The van der Waals surface area contributed by atoms with Crippen LogP contribution >= 0.6 is 0 Å². The summed E-state index contributed by atoms with van der Waals surface area (Å²) in [5, 5.41) is 2.58. The number of rotatable bonds is 8. The molecule has 0 saturated carbocycles. The number of esters is 1. The molecular weight excluding hydrogens is 310 g/mol. The van der Waals surface area contributed by atoms with E-state index in [0.717, 1.165) is 5.56 Å². The molecule has 1 aromatic carbocycles. The molecular formula is C18H23NO5. The number of nitrogens with one attached hydrogen (secondary N) is 1. The van der Waals surface area contributed by atoms with Gasteiger partial charge in [0, 0.05) is 6.08 Å². The van der Waals surface area contributed by atoms with Crippen LogP contribution in [0.15, 0.2) is 36.9 Å². The summed E-state index contributed by atoms with van der Waals surface area (Å²) in [7, 11) is 2.81. The Morgan fingerprint density at radius 1 is 1.25 bits per heavy atom. The van der Waals surface area contributed by atoms with Crippen LogP contribution < -0.4 is 14.8 Å². The zero-order valence-corrected chi connectivity index (χ0v) is 14.4. The first-order valence-corrected chi connectivity index (χ1v) is 7.34. The van der Waals surface area contributed by atoms with E-state index >= 15 is 0 Å². The Labute approximate surface area is 142 Å². The predicted molar refractivity (Wildman–Crippen MR) is 92.0 cm³/mol. The van der Waals surface area contributed by atoms with Crippen molar-refractivity contribution >= 4 is 18.0 Å².